The Kier molecular flexibility index (Phi) is 3.94. The molecule has 0 aliphatic heterocycles. The highest BCUT2D eigenvalue weighted by Gasteiger charge is 2.24. The molecule has 1 aliphatic carbocycles. The molecule has 3 nitrogen and oxygen atoms in total. The van der Waals surface area contributed by atoms with Crippen molar-refractivity contribution in [3.05, 3.63) is 21.9 Å². The highest BCUT2D eigenvalue weighted by Crippen LogP contribution is 2.30. The number of thiophene rings is 1. The Bertz CT molecular complexity index is 379. The molecule has 0 radical (unpaired) electrons. The van der Waals surface area contributed by atoms with Gasteiger partial charge in [-0.05, 0) is 30.9 Å². The lowest BCUT2D eigenvalue weighted by molar-refractivity contribution is 0.186. The van der Waals surface area contributed by atoms with Crippen molar-refractivity contribution < 1.29 is 5.11 Å². The minimum atomic E-state index is 0.212. The summed E-state index contributed by atoms with van der Waals surface area (Å²) < 4.78 is 0. The molecule has 0 spiro atoms. The van der Waals surface area contributed by atoms with E-state index < -0.39 is 0 Å². The lowest BCUT2D eigenvalue weighted by Crippen LogP contribution is -2.28. The van der Waals surface area contributed by atoms with E-state index in [2.05, 4.69) is 11.0 Å². The minimum Gasteiger partial charge on any atom is -0.395 e. The second-order valence-corrected chi connectivity index (χ2v) is 5.45. The first-order valence-electron chi connectivity index (χ1n) is 5.64. The molecule has 2 rings (SSSR count). The Labute approximate surface area is 99.9 Å². The number of aliphatic hydroxyl groups excluding tert-OH is 1. The van der Waals surface area contributed by atoms with E-state index >= 15 is 0 Å². The van der Waals surface area contributed by atoms with Gasteiger partial charge < -0.3 is 5.11 Å². The van der Waals surface area contributed by atoms with Gasteiger partial charge in [-0.3, -0.25) is 4.90 Å². The summed E-state index contributed by atoms with van der Waals surface area (Å²) in [6.07, 6.45) is 2.66. The van der Waals surface area contributed by atoms with Gasteiger partial charge in [0.25, 0.3) is 0 Å². The molecule has 0 aromatic carbocycles. The molecule has 1 aromatic rings. The molecule has 1 saturated carbocycles. The van der Waals surface area contributed by atoms with E-state index in [0.29, 0.717) is 0 Å². The van der Waals surface area contributed by atoms with Crippen LogP contribution in [-0.4, -0.2) is 29.7 Å². The number of nitriles is 1. The van der Waals surface area contributed by atoms with Crippen LogP contribution in [-0.2, 0) is 6.54 Å². The molecule has 0 amide bonds. The molecular weight excluding hydrogens is 220 g/mol. The molecule has 1 aromatic heterocycles. The van der Waals surface area contributed by atoms with Crippen molar-refractivity contribution in [1.29, 1.82) is 5.26 Å². The molecular formula is C12H16N2OS. The van der Waals surface area contributed by atoms with E-state index in [1.807, 2.05) is 12.1 Å². The molecule has 16 heavy (non-hydrogen) atoms. The van der Waals surface area contributed by atoms with Crippen molar-refractivity contribution in [2.24, 2.45) is 5.92 Å². The zero-order valence-electron chi connectivity index (χ0n) is 9.22. The van der Waals surface area contributed by atoms with E-state index in [1.165, 1.54) is 17.7 Å². The van der Waals surface area contributed by atoms with E-state index in [4.69, 9.17) is 10.4 Å². The minimum absolute atomic E-state index is 0.212. The third-order valence-corrected chi connectivity index (χ3v) is 3.76. The van der Waals surface area contributed by atoms with Crippen molar-refractivity contribution in [2.75, 3.05) is 19.7 Å². The Hall–Kier alpha value is -0.890. The van der Waals surface area contributed by atoms with Gasteiger partial charge in [-0.15, -0.1) is 11.3 Å². The van der Waals surface area contributed by atoms with Crippen LogP contribution in [0.2, 0.25) is 0 Å². The molecule has 4 heteroatoms. The fourth-order valence-electron chi connectivity index (χ4n) is 1.79. The molecule has 0 bridgehead atoms. The van der Waals surface area contributed by atoms with Crippen LogP contribution in [0.25, 0.3) is 0 Å². The summed E-state index contributed by atoms with van der Waals surface area (Å²) in [4.78, 5) is 4.26. The van der Waals surface area contributed by atoms with Crippen LogP contribution in [0.3, 0.4) is 0 Å². The van der Waals surface area contributed by atoms with Crippen LogP contribution in [0, 0.1) is 17.2 Å². The third kappa shape index (κ3) is 3.31. The lowest BCUT2D eigenvalue weighted by atomic mass is 10.3. The highest BCUT2D eigenvalue weighted by molar-refractivity contribution is 7.12. The van der Waals surface area contributed by atoms with Crippen LogP contribution in [0.5, 0.6) is 0 Å². The van der Waals surface area contributed by atoms with Gasteiger partial charge in [-0.2, -0.15) is 5.26 Å². The predicted molar refractivity (Wildman–Crippen MR) is 64.1 cm³/mol. The van der Waals surface area contributed by atoms with E-state index in [1.54, 1.807) is 11.3 Å². The lowest BCUT2D eigenvalue weighted by Gasteiger charge is -2.20. The molecule has 1 heterocycles. The molecule has 0 saturated heterocycles. The molecule has 1 aliphatic rings. The Morgan fingerprint density at radius 1 is 1.50 bits per heavy atom. The van der Waals surface area contributed by atoms with Gasteiger partial charge in [0.2, 0.25) is 0 Å². The van der Waals surface area contributed by atoms with Gasteiger partial charge in [0.15, 0.2) is 0 Å². The predicted octanol–water partition coefficient (Wildman–Crippen LogP) is 1.82. The Morgan fingerprint density at radius 3 is 2.88 bits per heavy atom. The smallest absolute Gasteiger partial charge is 0.110 e. The van der Waals surface area contributed by atoms with Crippen LogP contribution in [0.1, 0.15) is 22.6 Å². The fourth-order valence-corrected chi connectivity index (χ4v) is 2.63. The standard InChI is InChI=1S/C12H16N2OS/c13-7-11-3-4-12(16-11)9-14(5-6-15)8-10-1-2-10/h3-4,10,15H,1-2,5-6,8-9H2. The first-order valence-corrected chi connectivity index (χ1v) is 6.45. The van der Waals surface area contributed by atoms with Crippen molar-refractivity contribution in [2.45, 2.75) is 19.4 Å². The number of nitrogens with zero attached hydrogens (tertiary/aromatic N) is 2. The van der Waals surface area contributed by atoms with Gasteiger partial charge in [0.05, 0.1) is 6.61 Å². The van der Waals surface area contributed by atoms with Gasteiger partial charge in [0.1, 0.15) is 10.9 Å². The maximum atomic E-state index is 9.01. The van der Waals surface area contributed by atoms with E-state index in [9.17, 15) is 0 Å². The average molecular weight is 236 g/mol. The number of aliphatic hydroxyl groups is 1. The van der Waals surface area contributed by atoms with E-state index in [0.717, 1.165) is 30.4 Å². The average Bonchev–Trinajstić information content (AvgIpc) is 2.96. The van der Waals surface area contributed by atoms with Crippen molar-refractivity contribution in [1.82, 2.24) is 4.90 Å². The topological polar surface area (TPSA) is 47.3 Å². The zero-order chi connectivity index (χ0) is 11.4. The van der Waals surface area contributed by atoms with Crippen molar-refractivity contribution in [3.8, 4) is 6.07 Å². The highest BCUT2D eigenvalue weighted by atomic mass is 32.1. The summed E-state index contributed by atoms with van der Waals surface area (Å²) in [6.45, 7) is 2.89. The maximum absolute atomic E-state index is 9.01. The summed E-state index contributed by atoms with van der Waals surface area (Å²) in [6, 6.07) is 6.04. The van der Waals surface area contributed by atoms with Gasteiger partial charge in [0, 0.05) is 24.5 Å². The van der Waals surface area contributed by atoms with Crippen molar-refractivity contribution >= 4 is 11.3 Å². The molecule has 1 N–H and O–H groups in total. The summed E-state index contributed by atoms with van der Waals surface area (Å²) in [5.74, 6) is 0.835. The van der Waals surface area contributed by atoms with Gasteiger partial charge in [-0.25, -0.2) is 0 Å². The largest absolute Gasteiger partial charge is 0.395 e. The first-order chi connectivity index (χ1) is 7.81. The number of rotatable bonds is 6. The van der Waals surface area contributed by atoms with Gasteiger partial charge >= 0.3 is 0 Å². The maximum Gasteiger partial charge on any atom is 0.110 e. The monoisotopic (exact) mass is 236 g/mol. The van der Waals surface area contributed by atoms with Gasteiger partial charge in [-0.1, -0.05) is 0 Å². The normalized spacial score (nSPS) is 15.3. The number of hydrogen-bond donors (Lipinski definition) is 1. The van der Waals surface area contributed by atoms with Crippen LogP contribution in [0.15, 0.2) is 12.1 Å². The molecule has 0 unspecified atom stereocenters. The molecule has 1 fully saturated rings. The van der Waals surface area contributed by atoms with Crippen LogP contribution in [0.4, 0.5) is 0 Å². The second kappa shape index (κ2) is 5.44. The summed E-state index contributed by atoms with van der Waals surface area (Å²) in [5, 5.41) is 17.8. The summed E-state index contributed by atoms with van der Waals surface area (Å²) in [5.41, 5.74) is 0. The summed E-state index contributed by atoms with van der Waals surface area (Å²) in [7, 11) is 0. The molecule has 86 valence electrons. The third-order valence-electron chi connectivity index (χ3n) is 2.78. The first kappa shape index (κ1) is 11.6. The van der Waals surface area contributed by atoms with Crippen molar-refractivity contribution in [3.63, 3.8) is 0 Å². The summed E-state index contributed by atoms with van der Waals surface area (Å²) >= 11 is 1.55. The quantitative estimate of drug-likeness (QED) is 0.819. The Balaban J connectivity index is 1.90. The van der Waals surface area contributed by atoms with E-state index in [-0.39, 0.29) is 6.61 Å². The Morgan fingerprint density at radius 2 is 2.31 bits per heavy atom. The number of hydrogen-bond acceptors (Lipinski definition) is 4. The van der Waals surface area contributed by atoms with Crippen LogP contribution >= 0.6 is 11.3 Å². The van der Waals surface area contributed by atoms with Crippen LogP contribution < -0.4 is 0 Å². The second-order valence-electron chi connectivity index (χ2n) is 4.28. The fraction of sp³-hybridized carbons (Fsp3) is 0.583. The zero-order valence-corrected chi connectivity index (χ0v) is 10.0. The molecule has 0 atom stereocenters. The SMILES string of the molecule is N#Cc1ccc(CN(CCO)CC2CC2)s1.